The molecule has 21 heavy (non-hydrogen) atoms. The highest BCUT2D eigenvalue weighted by Crippen LogP contribution is 2.43. The molecule has 0 spiro atoms. The Hall–Kier alpha value is -0.345. The van der Waals surface area contributed by atoms with Crippen molar-refractivity contribution >= 4 is 12.9 Å². The molecule has 1 aliphatic rings. The second-order valence-electron chi connectivity index (χ2n) is 8.24. The topological polar surface area (TPSA) is 35.5 Å². The zero-order chi connectivity index (χ0) is 16.6. The van der Waals surface area contributed by atoms with E-state index in [0.717, 1.165) is 0 Å². The van der Waals surface area contributed by atoms with E-state index in [9.17, 15) is 4.79 Å². The molecule has 122 valence electrons. The number of carbonyl (C=O) groups excluding carboxylic acids is 1. The molecule has 1 heterocycles. The van der Waals surface area contributed by atoms with Gasteiger partial charge in [0.05, 0.1) is 11.2 Å². The van der Waals surface area contributed by atoms with Crippen molar-refractivity contribution in [2.75, 3.05) is 0 Å². The number of carbonyl (C=O) groups is 1. The minimum Gasteiger partial charge on any atom is -0.403 e. The molecular formula is C17H33BO3. The third kappa shape index (κ3) is 4.10. The van der Waals surface area contributed by atoms with Gasteiger partial charge < -0.3 is 9.31 Å². The van der Waals surface area contributed by atoms with Gasteiger partial charge in [0.1, 0.15) is 5.78 Å². The molecule has 1 rings (SSSR count). The molecule has 0 radical (unpaired) electrons. The van der Waals surface area contributed by atoms with Gasteiger partial charge in [0.2, 0.25) is 0 Å². The van der Waals surface area contributed by atoms with Crippen LogP contribution in [0.4, 0.5) is 0 Å². The molecule has 0 aromatic carbocycles. The minimum atomic E-state index is -0.336. The first-order valence-corrected chi connectivity index (χ1v) is 8.27. The van der Waals surface area contributed by atoms with Gasteiger partial charge in [0, 0.05) is 18.2 Å². The lowest BCUT2D eigenvalue weighted by Crippen LogP contribution is -2.41. The molecule has 0 bridgehead atoms. The standard InChI is InChI=1S/C17H33BO3/c1-11(2)13(5)15(19)10-14(12(3)4)18-20-16(6,7)17(8,9)21-18/h11-14H,10H2,1-9H3/t13-,14?/m0/s1. The summed E-state index contributed by atoms with van der Waals surface area (Å²) in [4.78, 5) is 12.5. The Labute approximate surface area is 131 Å². The lowest BCUT2D eigenvalue weighted by atomic mass is 9.62. The van der Waals surface area contributed by atoms with Gasteiger partial charge in [0.25, 0.3) is 0 Å². The fraction of sp³-hybridized carbons (Fsp3) is 0.941. The Morgan fingerprint density at radius 1 is 0.905 bits per heavy atom. The van der Waals surface area contributed by atoms with Crippen molar-refractivity contribution in [3.8, 4) is 0 Å². The van der Waals surface area contributed by atoms with Crippen molar-refractivity contribution in [3.05, 3.63) is 0 Å². The molecule has 1 fully saturated rings. The fourth-order valence-corrected chi connectivity index (χ4v) is 2.50. The van der Waals surface area contributed by atoms with Gasteiger partial charge in [-0.2, -0.15) is 0 Å². The monoisotopic (exact) mass is 296 g/mol. The molecule has 0 aliphatic carbocycles. The molecule has 0 amide bonds. The Balaban J connectivity index is 2.83. The van der Waals surface area contributed by atoms with Gasteiger partial charge in [-0.25, -0.2) is 0 Å². The molecule has 2 atom stereocenters. The van der Waals surface area contributed by atoms with Crippen LogP contribution in [0.5, 0.6) is 0 Å². The van der Waals surface area contributed by atoms with Crippen LogP contribution in [-0.4, -0.2) is 24.1 Å². The van der Waals surface area contributed by atoms with Crippen molar-refractivity contribution in [3.63, 3.8) is 0 Å². The number of rotatable bonds is 6. The maximum absolute atomic E-state index is 12.5. The third-order valence-corrected chi connectivity index (χ3v) is 5.42. The predicted molar refractivity (Wildman–Crippen MR) is 88.3 cm³/mol. The average Bonchev–Trinajstić information content (AvgIpc) is 2.53. The van der Waals surface area contributed by atoms with Crippen molar-refractivity contribution in [2.24, 2.45) is 17.8 Å². The predicted octanol–water partition coefficient (Wildman–Crippen LogP) is 4.36. The van der Waals surface area contributed by atoms with Gasteiger partial charge in [-0.15, -0.1) is 0 Å². The third-order valence-electron chi connectivity index (χ3n) is 5.42. The van der Waals surface area contributed by atoms with Gasteiger partial charge in [-0.1, -0.05) is 34.6 Å². The van der Waals surface area contributed by atoms with E-state index in [4.69, 9.17) is 9.31 Å². The quantitative estimate of drug-likeness (QED) is 0.683. The Morgan fingerprint density at radius 2 is 1.33 bits per heavy atom. The molecule has 1 unspecified atom stereocenters. The zero-order valence-corrected chi connectivity index (χ0v) is 15.3. The summed E-state index contributed by atoms with van der Waals surface area (Å²) >= 11 is 0. The van der Waals surface area contributed by atoms with E-state index in [1.807, 2.05) is 6.92 Å². The number of ketones is 1. The highest BCUT2D eigenvalue weighted by Gasteiger charge is 2.54. The van der Waals surface area contributed by atoms with Crippen molar-refractivity contribution < 1.29 is 14.1 Å². The largest absolute Gasteiger partial charge is 0.461 e. The maximum Gasteiger partial charge on any atom is 0.461 e. The zero-order valence-electron chi connectivity index (χ0n) is 15.3. The highest BCUT2D eigenvalue weighted by molar-refractivity contribution is 6.48. The van der Waals surface area contributed by atoms with Crippen molar-refractivity contribution in [1.29, 1.82) is 0 Å². The summed E-state index contributed by atoms with van der Waals surface area (Å²) in [7, 11) is -0.293. The van der Waals surface area contributed by atoms with Crippen LogP contribution in [0, 0.1) is 17.8 Å². The first kappa shape index (κ1) is 18.7. The van der Waals surface area contributed by atoms with E-state index in [1.54, 1.807) is 0 Å². The molecule has 0 N–H and O–H groups in total. The Kier molecular flexibility index (Phi) is 5.71. The van der Waals surface area contributed by atoms with Crippen LogP contribution in [0.3, 0.4) is 0 Å². The van der Waals surface area contributed by atoms with Crippen LogP contribution in [0.25, 0.3) is 0 Å². The lowest BCUT2D eigenvalue weighted by Gasteiger charge is -2.32. The van der Waals surface area contributed by atoms with Gasteiger partial charge in [-0.3, -0.25) is 4.79 Å². The summed E-state index contributed by atoms with van der Waals surface area (Å²) in [5, 5.41) is 0. The number of hydrogen-bond acceptors (Lipinski definition) is 3. The van der Waals surface area contributed by atoms with Crippen LogP contribution >= 0.6 is 0 Å². The lowest BCUT2D eigenvalue weighted by molar-refractivity contribution is -0.123. The summed E-state index contributed by atoms with van der Waals surface area (Å²) in [6, 6.07) is 0. The summed E-state index contributed by atoms with van der Waals surface area (Å²) in [5.41, 5.74) is -0.672. The summed E-state index contributed by atoms with van der Waals surface area (Å²) in [6.07, 6.45) is 0.536. The first-order valence-electron chi connectivity index (χ1n) is 8.27. The van der Waals surface area contributed by atoms with E-state index >= 15 is 0 Å². The molecular weight excluding hydrogens is 263 g/mol. The van der Waals surface area contributed by atoms with E-state index in [0.29, 0.717) is 24.0 Å². The summed E-state index contributed by atoms with van der Waals surface area (Å²) < 4.78 is 12.3. The average molecular weight is 296 g/mol. The molecule has 3 nitrogen and oxygen atoms in total. The first-order chi connectivity index (χ1) is 9.39. The van der Waals surface area contributed by atoms with Crippen LogP contribution < -0.4 is 0 Å². The molecule has 0 aromatic heterocycles. The van der Waals surface area contributed by atoms with Gasteiger partial charge in [0.15, 0.2) is 0 Å². The normalized spacial score (nSPS) is 23.7. The second-order valence-corrected chi connectivity index (χ2v) is 8.24. The Morgan fingerprint density at radius 3 is 1.67 bits per heavy atom. The summed E-state index contributed by atoms with van der Waals surface area (Å²) in [6.45, 7) is 18.7. The van der Waals surface area contributed by atoms with E-state index < -0.39 is 0 Å². The summed E-state index contributed by atoms with van der Waals surface area (Å²) in [5.74, 6) is 1.25. The van der Waals surface area contributed by atoms with Crippen LogP contribution in [0.15, 0.2) is 0 Å². The van der Waals surface area contributed by atoms with Crippen LogP contribution in [0.2, 0.25) is 5.82 Å². The molecule has 0 aromatic rings. The van der Waals surface area contributed by atoms with Crippen molar-refractivity contribution in [2.45, 2.75) is 85.8 Å². The van der Waals surface area contributed by atoms with E-state index in [-0.39, 0.29) is 30.1 Å². The molecule has 4 heteroatoms. The van der Waals surface area contributed by atoms with E-state index in [2.05, 4.69) is 55.4 Å². The van der Waals surface area contributed by atoms with Crippen molar-refractivity contribution in [1.82, 2.24) is 0 Å². The maximum atomic E-state index is 12.5. The van der Waals surface area contributed by atoms with E-state index in [1.165, 1.54) is 0 Å². The highest BCUT2D eigenvalue weighted by atomic mass is 16.7. The van der Waals surface area contributed by atoms with Crippen LogP contribution in [-0.2, 0) is 14.1 Å². The molecule has 0 saturated carbocycles. The molecule has 1 saturated heterocycles. The van der Waals surface area contributed by atoms with Crippen LogP contribution in [0.1, 0.15) is 68.7 Å². The minimum absolute atomic E-state index is 0.0914. The number of Topliss-reactive ketones (excluding diaryl/α,β-unsaturated/α-hetero) is 1. The number of hydrogen-bond donors (Lipinski definition) is 0. The smallest absolute Gasteiger partial charge is 0.403 e. The second kappa shape index (κ2) is 6.41. The van der Waals surface area contributed by atoms with Gasteiger partial charge in [-0.05, 0) is 39.5 Å². The SMILES string of the molecule is CC(C)C(CC(=O)[C@@H](C)C(C)C)B1OC(C)(C)C(C)(C)O1. The fourth-order valence-electron chi connectivity index (χ4n) is 2.50. The molecule has 1 aliphatic heterocycles. The Bertz CT molecular complexity index is 358. The van der Waals surface area contributed by atoms with Gasteiger partial charge >= 0.3 is 7.12 Å².